The lowest BCUT2D eigenvalue weighted by molar-refractivity contribution is 1.09. The predicted octanol–water partition coefficient (Wildman–Crippen LogP) is 16.1. The van der Waals surface area contributed by atoms with Crippen LogP contribution in [0.5, 0.6) is 0 Å². The van der Waals surface area contributed by atoms with Gasteiger partial charge in [-0.1, -0.05) is 133 Å². The zero-order chi connectivity index (χ0) is 44.2. The van der Waals surface area contributed by atoms with Crippen LogP contribution in [0.3, 0.4) is 0 Å². The van der Waals surface area contributed by atoms with Crippen LogP contribution in [-0.4, -0.2) is 27.7 Å². The molecule has 68 heavy (non-hydrogen) atoms. The average molecular weight is 885 g/mol. The van der Waals surface area contributed by atoms with Gasteiger partial charge in [0.25, 0.3) is 0 Å². The van der Waals surface area contributed by atoms with Crippen molar-refractivity contribution in [3.8, 4) is 22.7 Å². The van der Waals surface area contributed by atoms with Crippen LogP contribution < -0.4 is 0 Å². The van der Waals surface area contributed by atoms with Gasteiger partial charge in [-0.2, -0.15) is 0 Å². The molecule has 0 aliphatic carbocycles. The molecule has 0 bridgehead atoms. The molecule has 0 spiro atoms. The summed E-state index contributed by atoms with van der Waals surface area (Å²) in [7, 11) is 0. The zero-order valence-corrected chi connectivity index (χ0v) is 37.2. The lowest BCUT2D eigenvalue weighted by atomic mass is 10.1. The molecule has 10 aromatic carbocycles. The van der Waals surface area contributed by atoms with Crippen molar-refractivity contribution in [1.82, 2.24) is 27.7 Å². The molecule has 6 heterocycles. The van der Waals surface area contributed by atoms with Gasteiger partial charge < -0.3 is 13.7 Å². The van der Waals surface area contributed by atoms with Crippen LogP contribution in [0, 0.1) is 0 Å². The number of hydrogen-bond donors (Lipinski definition) is 0. The fraction of sp³-hybridized carbons (Fsp3) is 0. The van der Waals surface area contributed by atoms with E-state index in [4.69, 9.17) is 4.98 Å². The third kappa shape index (κ3) is 4.72. The molecule has 0 aliphatic heterocycles. The van der Waals surface area contributed by atoms with Crippen molar-refractivity contribution in [3.05, 3.63) is 218 Å². The number of nitrogens with zero attached hydrogens (tertiary/aromatic N) is 6. The highest BCUT2D eigenvalue weighted by molar-refractivity contribution is 7.26. The Hall–Kier alpha value is -8.91. The van der Waals surface area contributed by atoms with Gasteiger partial charge in [0.2, 0.25) is 5.78 Å². The number of benzene rings is 10. The second-order valence-electron chi connectivity index (χ2n) is 18.0. The van der Waals surface area contributed by atoms with Gasteiger partial charge in [0, 0.05) is 59.2 Å². The van der Waals surface area contributed by atoms with E-state index in [1.807, 2.05) is 11.3 Å². The molecule has 0 saturated heterocycles. The highest BCUT2D eigenvalue weighted by atomic mass is 32.1. The van der Waals surface area contributed by atoms with Gasteiger partial charge in [-0.3, -0.25) is 8.97 Å². The lowest BCUT2D eigenvalue weighted by Crippen LogP contribution is -2.03. The minimum atomic E-state index is 0.876. The van der Waals surface area contributed by atoms with Gasteiger partial charge in [-0.15, -0.1) is 11.3 Å². The van der Waals surface area contributed by atoms with Crippen molar-refractivity contribution in [2.24, 2.45) is 0 Å². The van der Waals surface area contributed by atoms with Gasteiger partial charge in [0.05, 0.1) is 65.7 Å². The molecule has 6 aromatic heterocycles. The normalized spacial score (nSPS) is 12.4. The molecule has 316 valence electrons. The molecule has 16 aromatic rings. The van der Waals surface area contributed by atoms with E-state index in [2.05, 4.69) is 241 Å². The molecule has 0 N–H and O–H groups in total. The summed E-state index contributed by atoms with van der Waals surface area (Å²) >= 11 is 1.83. The smallest absolute Gasteiger partial charge is 0.220 e. The van der Waals surface area contributed by atoms with Crippen LogP contribution in [0.15, 0.2) is 218 Å². The fourth-order valence-electron chi connectivity index (χ4n) is 11.7. The Bertz CT molecular complexity index is 4700. The molecule has 0 saturated carbocycles. The van der Waals surface area contributed by atoms with Crippen molar-refractivity contribution < 1.29 is 0 Å². The molecule has 0 fully saturated rings. The highest BCUT2D eigenvalue weighted by Gasteiger charge is 2.27. The van der Waals surface area contributed by atoms with Gasteiger partial charge >= 0.3 is 0 Å². The third-order valence-electron chi connectivity index (χ3n) is 14.5. The van der Waals surface area contributed by atoms with Gasteiger partial charge in [-0.05, 0) is 84.9 Å². The summed E-state index contributed by atoms with van der Waals surface area (Å²) in [6.07, 6.45) is 0. The van der Waals surface area contributed by atoms with E-state index in [-0.39, 0.29) is 0 Å². The standard InChI is InChI=1S/C61H36N6S/c1-2-16-37(17-3-1)65-59-55(66-52-28-14-8-22-44(52)47-34-38(30-32-53(47)66)63-48-24-10-4-18-40(48)41-19-5-11-25-49(41)63)35-39(64-50-26-12-6-20-42(50)43-21-7-13-27-51(43)64)36-56(59)67-54-33-31-46-45-23-9-15-29-57(45)68-60(46)58(54)62-61(65)67/h1-36H. The second kappa shape index (κ2) is 13.3. The van der Waals surface area contributed by atoms with Crippen molar-refractivity contribution >= 4 is 125 Å². The summed E-state index contributed by atoms with van der Waals surface area (Å²) in [5, 5.41) is 9.86. The van der Waals surface area contributed by atoms with E-state index in [9.17, 15) is 0 Å². The number of thiophene rings is 1. The van der Waals surface area contributed by atoms with E-state index in [0.29, 0.717) is 0 Å². The molecule has 0 amide bonds. The predicted molar refractivity (Wildman–Crippen MR) is 285 cm³/mol. The number of imidazole rings is 2. The number of hydrogen-bond acceptors (Lipinski definition) is 2. The van der Waals surface area contributed by atoms with Gasteiger partial charge in [-0.25, -0.2) is 4.98 Å². The number of aromatic nitrogens is 6. The van der Waals surface area contributed by atoms with Crippen LogP contribution in [0.1, 0.15) is 0 Å². The van der Waals surface area contributed by atoms with Crippen molar-refractivity contribution in [2.75, 3.05) is 0 Å². The molecule has 0 aliphatic rings. The van der Waals surface area contributed by atoms with E-state index < -0.39 is 0 Å². The molecule has 6 nitrogen and oxygen atoms in total. The molecule has 16 rings (SSSR count). The summed E-state index contributed by atoms with van der Waals surface area (Å²) < 4.78 is 14.7. The molecular formula is C61H36N6S. The average Bonchev–Trinajstić information content (AvgIpc) is 4.24. The van der Waals surface area contributed by atoms with Crippen LogP contribution in [-0.2, 0) is 0 Å². The Morgan fingerprint density at radius 2 is 0.809 bits per heavy atom. The van der Waals surface area contributed by atoms with E-state index in [0.717, 1.165) is 61.6 Å². The lowest BCUT2D eigenvalue weighted by Gasteiger charge is -2.17. The number of para-hydroxylation sites is 6. The molecule has 0 radical (unpaired) electrons. The van der Waals surface area contributed by atoms with Crippen LogP contribution in [0.2, 0.25) is 0 Å². The summed E-state index contributed by atoms with van der Waals surface area (Å²) in [4.78, 5) is 5.70. The van der Waals surface area contributed by atoms with Crippen molar-refractivity contribution in [3.63, 3.8) is 0 Å². The quantitative estimate of drug-likeness (QED) is 0.173. The second-order valence-corrected chi connectivity index (χ2v) is 19.0. The summed E-state index contributed by atoms with van der Waals surface area (Å²) in [5.41, 5.74) is 15.6. The van der Waals surface area contributed by atoms with Crippen LogP contribution >= 0.6 is 11.3 Å². The SMILES string of the molecule is c1ccc(-n2c3c(-n4c5ccccc5c5cc(-n6c7ccccc7c7ccccc76)ccc54)cc(-n4c5ccccc5c5ccccc54)cc3n3c4ccc5c6ccccc6sc5c4nc23)cc1. The van der Waals surface area contributed by atoms with Crippen molar-refractivity contribution in [2.45, 2.75) is 0 Å². The van der Waals surface area contributed by atoms with Crippen LogP contribution in [0.4, 0.5) is 0 Å². The largest absolute Gasteiger partial charge is 0.309 e. The Labute approximate surface area is 391 Å². The minimum absolute atomic E-state index is 0.876. The highest BCUT2D eigenvalue weighted by Crippen LogP contribution is 2.44. The Kier molecular flexibility index (Phi) is 7.13. The number of fused-ring (bicyclic) bond motifs is 18. The van der Waals surface area contributed by atoms with E-state index in [1.165, 1.54) is 74.6 Å². The Balaban J connectivity index is 1.08. The maximum atomic E-state index is 5.70. The first-order chi connectivity index (χ1) is 33.8. The minimum Gasteiger partial charge on any atom is -0.309 e. The third-order valence-corrected chi connectivity index (χ3v) is 15.7. The van der Waals surface area contributed by atoms with Gasteiger partial charge in [0.15, 0.2) is 0 Å². The molecule has 0 unspecified atom stereocenters. The summed E-state index contributed by atoms with van der Waals surface area (Å²) in [5.74, 6) is 0.876. The van der Waals surface area contributed by atoms with Gasteiger partial charge in [0.1, 0.15) is 5.52 Å². The summed E-state index contributed by atoms with van der Waals surface area (Å²) in [6.45, 7) is 0. The summed E-state index contributed by atoms with van der Waals surface area (Å²) in [6, 6.07) is 80.0. The first-order valence-electron chi connectivity index (χ1n) is 23.1. The first kappa shape index (κ1) is 36.3. The zero-order valence-electron chi connectivity index (χ0n) is 36.4. The number of rotatable bonds is 4. The monoisotopic (exact) mass is 884 g/mol. The Morgan fingerprint density at radius 1 is 0.309 bits per heavy atom. The molecule has 0 atom stereocenters. The topological polar surface area (TPSA) is 37.0 Å². The first-order valence-corrected chi connectivity index (χ1v) is 24.0. The molecular weight excluding hydrogens is 849 g/mol. The van der Waals surface area contributed by atoms with Crippen molar-refractivity contribution in [1.29, 1.82) is 0 Å². The van der Waals surface area contributed by atoms with E-state index in [1.54, 1.807) is 0 Å². The van der Waals surface area contributed by atoms with E-state index >= 15 is 0 Å². The Morgan fingerprint density at radius 3 is 1.44 bits per heavy atom. The van der Waals surface area contributed by atoms with Crippen LogP contribution in [0.25, 0.3) is 136 Å². The fourth-order valence-corrected chi connectivity index (χ4v) is 12.9. The maximum Gasteiger partial charge on any atom is 0.220 e. The molecule has 7 heteroatoms. The maximum absolute atomic E-state index is 5.70.